The summed E-state index contributed by atoms with van der Waals surface area (Å²) in [7, 11) is 4.20. The third-order valence-corrected chi connectivity index (χ3v) is 15.4. The normalized spacial score (nSPS) is 19.0. The van der Waals surface area contributed by atoms with Gasteiger partial charge in [-0.2, -0.15) is 6.07 Å². The minimum absolute atomic E-state index is 0. The monoisotopic (exact) mass is 1300 g/mol. The number of allylic oxidation sites excluding steroid dienone is 8. The number of para-hydroxylation sites is 3. The minimum Gasteiger partial charge on any atom is -0.509 e. The number of nitrogens with one attached hydrogen (secondary N) is 2. The van der Waals surface area contributed by atoms with E-state index in [2.05, 4.69) is 118 Å². The van der Waals surface area contributed by atoms with Crippen LogP contribution in [0.1, 0.15) is 73.4 Å². The molecule has 420 valence electrons. The summed E-state index contributed by atoms with van der Waals surface area (Å²) in [5.41, 5.74) is 10.2. The Labute approximate surface area is 533 Å². The molecule has 10 heteroatoms. The Kier molecular flexibility index (Phi) is 13.6. The number of fused-ring (bicyclic) bond motifs is 4. The summed E-state index contributed by atoms with van der Waals surface area (Å²) >= 11 is 0. The van der Waals surface area contributed by atoms with Gasteiger partial charge in [0, 0.05) is 91.6 Å². The van der Waals surface area contributed by atoms with E-state index < -0.39 is 47.7 Å². The van der Waals surface area contributed by atoms with Crippen molar-refractivity contribution in [1.29, 1.82) is 0 Å². The number of benzene rings is 8. The molecule has 7 nitrogen and oxygen atoms in total. The molecule has 3 aliphatic rings. The number of ether oxygens (including phenoxy) is 1. The van der Waals surface area contributed by atoms with Crippen LogP contribution in [-0.4, -0.2) is 24.1 Å². The van der Waals surface area contributed by atoms with Gasteiger partial charge in [-0.1, -0.05) is 183 Å². The van der Waals surface area contributed by atoms with E-state index in [9.17, 15) is 5.48 Å². The second kappa shape index (κ2) is 25.0. The van der Waals surface area contributed by atoms with E-state index in [1.807, 2.05) is 158 Å². The van der Waals surface area contributed by atoms with Crippen molar-refractivity contribution < 1.29 is 38.1 Å². The Hall–Kier alpha value is -9.55. The van der Waals surface area contributed by atoms with Crippen LogP contribution in [0.5, 0.6) is 11.5 Å². The van der Waals surface area contributed by atoms with Crippen LogP contribution >= 0.6 is 0 Å². The third kappa shape index (κ3) is 11.4. The molecule has 2 N–H and O–H groups in total. The first-order valence-corrected chi connectivity index (χ1v) is 28.1. The van der Waals surface area contributed by atoms with Gasteiger partial charge in [0.2, 0.25) is 0 Å². The summed E-state index contributed by atoms with van der Waals surface area (Å²) in [6.07, 6.45) is 25.1. The van der Waals surface area contributed by atoms with Crippen molar-refractivity contribution >= 4 is 70.1 Å². The van der Waals surface area contributed by atoms with Crippen LogP contribution in [0.3, 0.4) is 0 Å². The molecule has 0 amide bonds. The maximum absolute atomic E-state index is 9.46. The maximum Gasteiger partial charge on any atom is 0.182 e. The van der Waals surface area contributed by atoms with Gasteiger partial charge < -0.3 is 29.7 Å². The predicted molar refractivity (Wildman–Crippen MR) is 355 cm³/mol. The van der Waals surface area contributed by atoms with Gasteiger partial charge in [-0.25, -0.2) is 4.98 Å². The number of rotatable bonds is 11. The molecule has 0 unspecified atom stereocenters. The molecule has 3 aliphatic heterocycles. The second-order valence-corrected chi connectivity index (χ2v) is 21.8. The zero-order valence-electron chi connectivity index (χ0n) is 56.6. The van der Waals surface area contributed by atoms with Crippen molar-refractivity contribution in [1.82, 2.24) is 20.2 Å². The fraction of sp³-hybridized carbons (Fsp3) is 0.0789. The Morgan fingerprint density at radius 2 is 1.15 bits per heavy atom. The largest absolute Gasteiger partial charge is 0.509 e. The van der Waals surface area contributed by atoms with Crippen LogP contribution in [0.2, 0.25) is 0 Å². The molecule has 5 heterocycles. The van der Waals surface area contributed by atoms with Crippen molar-refractivity contribution in [2.24, 2.45) is 0 Å². The van der Waals surface area contributed by atoms with Gasteiger partial charge in [-0.3, -0.25) is 0 Å². The van der Waals surface area contributed by atoms with E-state index in [0.717, 1.165) is 61.4 Å². The van der Waals surface area contributed by atoms with Gasteiger partial charge >= 0.3 is 0 Å². The van der Waals surface area contributed by atoms with Crippen LogP contribution in [0, 0.1) is 18.8 Å². The summed E-state index contributed by atoms with van der Waals surface area (Å²) in [6, 6.07) is 46.7. The maximum atomic E-state index is 9.46. The Bertz CT molecular complexity index is 4800. The van der Waals surface area contributed by atoms with Crippen molar-refractivity contribution in [3.05, 3.63) is 332 Å². The summed E-state index contributed by atoms with van der Waals surface area (Å²) in [5, 5.41) is 7.17. The molecule has 0 spiro atoms. The molecule has 10 aromatic rings. The molecule has 2 aromatic heterocycles. The Morgan fingerprint density at radius 1 is 0.547 bits per heavy atom. The van der Waals surface area contributed by atoms with Crippen LogP contribution in [-0.2, 0) is 31.9 Å². The molecule has 13 rings (SSSR count). The molecule has 0 bridgehead atoms. The van der Waals surface area contributed by atoms with Crippen molar-refractivity contribution in [2.75, 3.05) is 9.80 Å². The topological polar surface area (TPSA) is 57.6 Å². The van der Waals surface area contributed by atoms with Crippen LogP contribution < -0.4 is 25.2 Å². The van der Waals surface area contributed by atoms with E-state index in [0.29, 0.717) is 22.4 Å². The molecule has 0 atom stereocenters. The second-order valence-electron chi connectivity index (χ2n) is 21.8. The summed E-state index contributed by atoms with van der Waals surface area (Å²) < 4.78 is 90.1. The van der Waals surface area contributed by atoms with Gasteiger partial charge in [0.1, 0.15) is 5.82 Å². The zero-order valence-corrected chi connectivity index (χ0v) is 49.9. The fourth-order valence-corrected chi connectivity index (χ4v) is 11.1. The van der Waals surface area contributed by atoms with E-state index >= 15 is 0 Å². The molecule has 0 aliphatic carbocycles. The number of aromatic nitrogens is 2. The van der Waals surface area contributed by atoms with Crippen LogP contribution in [0.4, 0.5) is 22.7 Å². The molecular weight excluding hydrogens is 1230 g/mol. The third-order valence-electron chi connectivity index (χ3n) is 15.4. The predicted octanol–water partition coefficient (Wildman–Crippen LogP) is 17.7. The van der Waals surface area contributed by atoms with Gasteiger partial charge in [0.05, 0.1) is 12.3 Å². The van der Waals surface area contributed by atoms with E-state index in [1.165, 1.54) is 0 Å². The molecule has 0 fully saturated rings. The number of nitrogens with zero attached hydrogens (tertiary/aromatic N) is 4. The Morgan fingerprint density at radius 3 is 1.80 bits per heavy atom. The van der Waals surface area contributed by atoms with Gasteiger partial charge in [0.15, 0.2) is 14.6 Å². The number of anilines is 4. The molecular formula is C76H61B2N6OPt-3. The Balaban J connectivity index is 0.00000864. The van der Waals surface area contributed by atoms with E-state index in [-0.39, 0.29) is 72.1 Å². The average molecular weight is 1300 g/mol. The first-order chi connectivity index (χ1) is 45.4. The van der Waals surface area contributed by atoms with Gasteiger partial charge in [0.25, 0.3) is 0 Å². The van der Waals surface area contributed by atoms with Crippen molar-refractivity contribution in [3.8, 4) is 28.4 Å². The molecule has 8 aromatic carbocycles. The van der Waals surface area contributed by atoms with Crippen LogP contribution in [0.15, 0.2) is 279 Å². The zero-order chi connectivity index (χ0) is 65.6. The first kappa shape index (κ1) is 46.8. The molecule has 0 saturated heterocycles. The quantitative estimate of drug-likeness (QED) is 0.0994. The SMILES string of the molecule is [2H]c1c([2H])c([2H])c(-c2cc(Oc3[c-]c4c(cc3)c3c([2H])c([2H])c([2H])c([2H])c3n4-c3cc(C(C)(c4ccccc4)c4ccccc4)ccn3)[c-]c(N3[CH-]N(c4c(/C5=C/C=C\N/C=C\C=C/[B]5)cc(C(C)(C)C)cc4/C4=C/C=C\N/C=C\C=C/[B]4)c4ccccc43)c2)c([2H])c1[2H].[Pt]. The van der Waals surface area contributed by atoms with Gasteiger partial charge in [-0.15, -0.1) is 65.6 Å². The van der Waals surface area contributed by atoms with Crippen molar-refractivity contribution in [2.45, 2.75) is 38.5 Å². The van der Waals surface area contributed by atoms with Crippen LogP contribution in [0.25, 0.3) is 49.7 Å². The minimum atomic E-state index is -0.704. The van der Waals surface area contributed by atoms with E-state index in [1.54, 1.807) is 35.0 Å². The first-order valence-electron chi connectivity index (χ1n) is 32.6. The summed E-state index contributed by atoms with van der Waals surface area (Å²) in [4.78, 5) is 9.05. The summed E-state index contributed by atoms with van der Waals surface area (Å²) in [6.45, 7) is 10.7. The van der Waals surface area contributed by atoms with Crippen molar-refractivity contribution in [3.63, 3.8) is 0 Å². The molecule has 86 heavy (non-hydrogen) atoms. The summed E-state index contributed by atoms with van der Waals surface area (Å²) in [5.74, 6) is 4.64. The van der Waals surface area contributed by atoms with E-state index in [4.69, 9.17) is 16.6 Å². The number of hydrogen-bond donors (Lipinski definition) is 2. The molecule has 0 saturated carbocycles. The molecule has 2 radical (unpaired) electrons. The van der Waals surface area contributed by atoms with Gasteiger partial charge in [-0.05, 0) is 123 Å². The smallest absolute Gasteiger partial charge is 0.182 e. The fourth-order valence-electron chi connectivity index (χ4n) is 11.1. The standard InChI is InChI=1S/C76H61B2N6O.Pt/c1-75(2,3)59-48-65(67-31-22-43-79-41-20-18-39-77-67)74(66(49-59)68-32-23-44-80-42-21-19-40-78-68)83-53-82(70-34-16-17-35-71(70)83)60-46-55(54-24-8-5-9-25-54)47-62(51-60)85-61-36-37-64-63-30-14-15-33-69(63)84(72(64)52-61)73-50-58(38-45-81-73)76(4,56-26-10-6-11-27-56)57-28-12-7-13-29-57;/h5-50,53,79-80H,1-4H3;/q-3;/b39-18-,40-19-,41-20-,42-21-,43-22-,44-23-,67-31-,68-32-;/i5D,8D,9D,14D,15D,24D,25D,30D,33D;. The number of hydrogen-bond acceptors (Lipinski definition) is 6. The average Bonchev–Trinajstić information content (AvgIpc) is 1.59. The number of pyridine rings is 1.